The van der Waals surface area contributed by atoms with Gasteiger partial charge in [0, 0.05) is 50.8 Å². The smallest absolute Gasteiger partial charge is 0.289 e. The Bertz CT molecular complexity index is 1490. The van der Waals surface area contributed by atoms with Crippen LogP contribution in [0.4, 0.5) is 11.4 Å². The summed E-state index contributed by atoms with van der Waals surface area (Å²) < 4.78 is 6.54. The summed E-state index contributed by atoms with van der Waals surface area (Å²) in [6.45, 7) is 0. The van der Waals surface area contributed by atoms with Gasteiger partial charge in [-0.2, -0.15) is 0 Å². The Morgan fingerprint density at radius 2 is 1.44 bits per heavy atom. The Morgan fingerprint density at radius 3 is 2.03 bits per heavy atom. The van der Waals surface area contributed by atoms with Crippen molar-refractivity contribution in [3.8, 4) is 22.6 Å². The van der Waals surface area contributed by atoms with Gasteiger partial charge in [0.15, 0.2) is 0 Å². The predicted octanol–water partition coefficient (Wildman–Crippen LogP) is 7.78. The Labute approximate surface area is 215 Å². The number of nitro benzene ring substituents is 2. The molecule has 4 atom stereocenters. The standard InChI is InChI=1S/C27H19ClN2O5S/c28-19-14-18-22-24(23(19)27(18)36-21-12-11-17(29(31)32)13-20(21)30(33)34)26(16-9-5-2-6-10-16)35-25(22)15-7-3-1-4-8-15/h1-13,18-19,23,27H,14H2/t18-,19+,23+,27-/m0/s1. The summed E-state index contributed by atoms with van der Waals surface area (Å²) in [5, 5.41) is 22.8. The lowest BCUT2D eigenvalue weighted by atomic mass is 9.89. The molecule has 180 valence electrons. The second-order valence-corrected chi connectivity index (χ2v) is 10.7. The van der Waals surface area contributed by atoms with E-state index in [1.54, 1.807) is 0 Å². The molecule has 7 nitrogen and oxygen atoms in total. The number of nitrogens with zero attached hydrogens (tertiary/aromatic N) is 2. The number of hydrogen-bond acceptors (Lipinski definition) is 6. The molecule has 9 heteroatoms. The van der Waals surface area contributed by atoms with Crippen LogP contribution in [0.3, 0.4) is 0 Å². The van der Waals surface area contributed by atoms with E-state index in [0.717, 1.165) is 46.3 Å². The van der Waals surface area contributed by atoms with Crippen LogP contribution >= 0.6 is 23.4 Å². The van der Waals surface area contributed by atoms with E-state index >= 15 is 0 Å². The van der Waals surface area contributed by atoms with Gasteiger partial charge in [-0.25, -0.2) is 0 Å². The van der Waals surface area contributed by atoms with Gasteiger partial charge in [0.2, 0.25) is 0 Å². The molecule has 1 saturated carbocycles. The summed E-state index contributed by atoms with van der Waals surface area (Å²) in [5.74, 6) is 1.54. The molecule has 1 fully saturated rings. The fraction of sp³-hybridized carbons (Fsp3) is 0.185. The monoisotopic (exact) mass is 518 g/mol. The first-order chi connectivity index (χ1) is 17.4. The average Bonchev–Trinajstić information content (AvgIpc) is 3.52. The molecule has 2 aliphatic carbocycles. The van der Waals surface area contributed by atoms with Crippen LogP contribution in [0.1, 0.15) is 29.4 Å². The number of non-ortho nitro benzene ring substituents is 1. The minimum atomic E-state index is -0.620. The number of rotatable bonds is 6. The molecule has 0 amide bonds. The third-order valence-electron chi connectivity index (χ3n) is 6.99. The summed E-state index contributed by atoms with van der Waals surface area (Å²) in [5.41, 5.74) is 3.55. The van der Waals surface area contributed by atoms with Crippen LogP contribution in [0.2, 0.25) is 0 Å². The van der Waals surface area contributed by atoms with Gasteiger partial charge in [-0.1, -0.05) is 60.7 Å². The molecular weight excluding hydrogens is 500 g/mol. The Hall–Kier alpha value is -3.62. The Balaban J connectivity index is 1.48. The molecule has 3 aromatic carbocycles. The molecule has 4 aromatic rings. The SMILES string of the molecule is O=[N+]([O-])c1ccc(S[C@@H]2[C@H]3c4c(-c5ccccc5)oc(-c5ccccc5)c4[C@@H]2C[C@H]3Cl)c([N+](=O)[O-])c1. The van der Waals surface area contributed by atoms with Crippen LogP contribution in [0, 0.1) is 20.2 Å². The van der Waals surface area contributed by atoms with Gasteiger partial charge in [-0.15, -0.1) is 23.4 Å². The van der Waals surface area contributed by atoms with Gasteiger partial charge in [-0.3, -0.25) is 20.2 Å². The van der Waals surface area contributed by atoms with Crippen molar-refractivity contribution in [3.63, 3.8) is 0 Å². The normalized spacial score (nSPS) is 21.9. The van der Waals surface area contributed by atoms with Crippen molar-refractivity contribution in [2.45, 2.75) is 33.8 Å². The Morgan fingerprint density at radius 1 is 0.833 bits per heavy atom. The van der Waals surface area contributed by atoms with Crippen molar-refractivity contribution < 1.29 is 14.3 Å². The van der Waals surface area contributed by atoms with E-state index in [-0.39, 0.29) is 33.8 Å². The second-order valence-electron chi connectivity index (χ2n) is 8.95. The number of thioether (sulfide) groups is 1. The van der Waals surface area contributed by atoms with E-state index in [1.807, 2.05) is 60.7 Å². The lowest BCUT2D eigenvalue weighted by Gasteiger charge is -2.19. The van der Waals surface area contributed by atoms with Crippen LogP contribution in [-0.4, -0.2) is 20.5 Å². The zero-order chi connectivity index (χ0) is 25.0. The molecule has 1 aromatic heterocycles. The van der Waals surface area contributed by atoms with Gasteiger partial charge < -0.3 is 4.42 Å². The summed E-state index contributed by atoms with van der Waals surface area (Å²) in [6.07, 6.45) is 0.727. The third-order valence-corrected chi connectivity index (χ3v) is 8.93. The molecule has 0 N–H and O–H groups in total. The summed E-state index contributed by atoms with van der Waals surface area (Å²) in [6, 6.07) is 23.6. The average molecular weight is 519 g/mol. The molecule has 0 spiro atoms. The minimum absolute atomic E-state index is 0.0312. The molecule has 1 heterocycles. The van der Waals surface area contributed by atoms with E-state index in [0.29, 0.717) is 4.90 Å². The van der Waals surface area contributed by atoms with Gasteiger partial charge in [0.1, 0.15) is 11.5 Å². The molecule has 2 aliphatic rings. The van der Waals surface area contributed by atoms with Crippen molar-refractivity contribution in [2.24, 2.45) is 0 Å². The summed E-state index contributed by atoms with van der Waals surface area (Å²) in [7, 11) is 0. The summed E-state index contributed by atoms with van der Waals surface area (Å²) in [4.78, 5) is 22.2. The van der Waals surface area contributed by atoms with E-state index in [1.165, 1.54) is 23.9 Å². The molecule has 36 heavy (non-hydrogen) atoms. The number of alkyl halides is 1. The highest BCUT2D eigenvalue weighted by Gasteiger charge is 2.55. The third kappa shape index (κ3) is 3.60. The van der Waals surface area contributed by atoms with E-state index in [9.17, 15) is 20.2 Å². The van der Waals surface area contributed by atoms with E-state index < -0.39 is 9.85 Å². The number of fused-ring (bicyclic) bond motifs is 5. The zero-order valence-electron chi connectivity index (χ0n) is 18.7. The van der Waals surface area contributed by atoms with Crippen molar-refractivity contribution >= 4 is 34.7 Å². The quantitative estimate of drug-likeness (QED) is 0.147. The van der Waals surface area contributed by atoms with Crippen molar-refractivity contribution in [3.05, 3.63) is 110 Å². The van der Waals surface area contributed by atoms with Crippen LogP contribution in [0.25, 0.3) is 22.6 Å². The maximum absolute atomic E-state index is 11.8. The lowest BCUT2D eigenvalue weighted by molar-refractivity contribution is -0.396. The Kier molecular flexibility index (Phi) is 5.58. The zero-order valence-corrected chi connectivity index (χ0v) is 20.3. The summed E-state index contributed by atoms with van der Waals surface area (Å²) >= 11 is 8.29. The van der Waals surface area contributed by atoms with Gasteiger partial charge in [0.25, 0.3) is 11.4 Å². The molecular formula is C27H19ClN2O5S. The van der Waals surface area contributed by atoms with Crippen molar-refractivity contribution in [2.75, 3.05) is 0 Å². The van der Waals surface area contributed by atoms with Crippen LogP contribution in [0.15, 0.2) is 88.2 Å². The van der Waals surface area contributed by atoms with Crippen molar-refractivity contribution in [1.82, 2.24) is 0 Å². The van der Waals surface area contributed by atoms with Crippen LogP contribution in [-0.2, 0) is 0 Å². The molecule has 0 saturated heterocycles. The highest BCUT2D eigenvalue weighted by atomic mass is 35.5. The largest absolute Gasteiger partial charge is 0.455 e. The highest BCUT2D eigenvalue weighted by molar-refractivity contribution is 8.00. The van der Waals surface area contributed by atoms with E-state index in [2.05, 4.69) is 0 Å². The first-order valence-corrected chi connectivity index (χ1v) is 12.8. The van der Waals surface area contributed by atoms with Gasteiger partial charge >= 0.3 is 0 Å². The fourth-order valence-corrected chi connectivity index (χ4v) is 7.67. The molecule has 0 aliphatic heterocycles. The number of benzene rings is 3. The van der Waals surface area contributed by atoms with Gasteiger partial charge in [0.05, 0.1) is 20.8 Å². The second kappa shape index (κ2) is 8.80. The number of furan rings is 1. The molecule has 2 bridgehead atoms. The topological polar surface area (TPSA) is 99.4 Å². The van der Waals surface area contributed by atoms with Crippen molar-refractivity contribution in [1.29, 1.82) is 0 Å². The highest BCUT2D eigenvalue weighted by Crippen LogP contribution is 2.65. The molecule has 6 rings (SSSR count). The number of hydrogen-bond donors (Lipinski definition) is 0. The number of nitro groups is 2. The number of halogens is 1. The maximum atomic E-state index is 11.8. The van der Waals surface area contributed by atoms with E-state index in [4.69, 9.17) is 16.0 Å². The van der Waals surface area contributed by atoms with Gasteiger partial charge in [-0.05, 0) is 12.5 Å². The molecule has 0 unspecified atom stereocenters. The maximum Gasteiger partial charge on any atom is 0.289 e. The van der Waals surface area contributed by atoms with Crippen LogP contribution < -0.4 is 0 Å². The molecule has 0 radical (unpaired) electrons. The first-order valence-electron chi connectivity index (χ1n) is 11.4. The lowest BCUT2D eigenvalue weighted by Crippen LogP contribution is -2.13. The first kappa shape index (κ1) is 22.8. The predicted molar refractivity (Wildman–Crippen MR) is 139 cm³/mol. The minimum Gasteiger partial charge on any atom is -0.455 e. The fourth-order valence-electron chi connectivity index (χ4n) is 5.53. The van der Waals surface area contributed by atoms with Crippen LogP contribution in [0.5, 0.6) is 0 Å².